The largest absolute Gasteiger partial charge is 0.480 e. The summed E-state index contributed by atoms with van der Waals surface area (Å²) in [6, 6.07) is 0. The molecule has 0 aromatic rings. The summed E-state index contributed by atoms with van der Waals surface area (Å²) in [6.07, 6.45) is -0.319. The van der Waals surface area contributed by atoms with E-state index in [9.17, 15) is 22.8 Å². The minimum Gasteiger partial charge on any atom is -0.480 e. The maximum absolute atomic E-state index is 11.5. The lowest BCUT2D eigenvalue weighted by Gasteiger charge is -2.17. The van der Waals surface area contributed by atoms with Crippen molar-refractivity contribution in [1.29, 1.82) is 0 Å². The predicted molar refractivity (Wildman–Crippen MR) is 64.2 cm³/mol. The van der Waals surface area contributed by atoms with Crippen LogP contribution in [-0.4, -0.2) is 72.5 Å². The molecule has 0 radical (unpaired) electrons. The lowest BCUT2D eigenvalue weighted by molar-refractivity contribution is -0.141. The first-order chi connectivity index (χ1) is 8.62. The van der Waals surface area contributed by atoms with Gasteiger partial charge in [0.2, 0.25) is 5.91 Å². The highest BCUT2D eigenvalue weighted by atomic mass is 32.2. The normalized spacial score (nSPS) is 11.4. The van der Waals surface area contributed by atoms with Gasteiger partial charge in [-0.2, -0.15) is 0 Å². The summed E-state index contributed by atoms with van der Waals surface area (Å²) in [5, 5.41) is 17.1. The van der Waals surface area contributed by atoms with Gasteiger partial charge in [-0.05, 0) is 0 Å². The first kappa shape index (κ1) is 17.3. The molecular weight excluding hydrogens is 280 g/mol. The van der Waals surface area contributed by atoms with E-state index < -0.39 is 52.3 Å². The molecule has 10 heteroatoms. The van der Waals surface area contributed by atoms with Gasteiger partial charge in [0.1, 0.15) is 0 Å². The van der Waals surface area contributed by atoms with E-state index in [2.05, 4.69) is 0 Å². The Morgan fingerprint density at radius 3 is 1.84 bits per heavy atom. The highest BCUT2D eigenvalue weighted by Gasteiger charge is 2.18. The number of sulfone groups is 1. The zero-order valence-corrected chi connectivity index (χ0v) is 10.9. The Morgan fingerprint density at radius 2 is 1.47 bits per heavy atom. The number of amides is 1. The molecule has 0 saturated carbocycles. The summed E-state index contributed by atoms with van der Waals surface area (Å²) in [6.45, 7) is -1.38. The van der Waals surface area contributed by atoms with Crippen molar-refractivity contribution in [3.63, 3.8) is 0 Å². The Kier molecular flexibility index (Phi) is 7.01. The first-order valence-corrected chi connectivity index (χ1v) is 7.09. The first-order valence-electron chi connectivity index (χ1n) is 5.27. The molecule has 1 amide bonds. The van der Waals surface area contributed by atoms with E-state index in [0.717, 1.165) is 4.90 Å². The fourth-order valence-corrected chi connectivity index (χ4v) is 2.48. The monoisotopic (exact) mass is 296 g/mol. The Bertz CT molecular complexity index is 429. The van der Waals surface area contributed by atoms with Crippen LogP contribution in [0.3, 0.4) is 0 Å². The molecule has 0 saturated heterocycles. The number of aliphatic carboxylic acids is 2. The number of hydrogen-bond donors (Lipinski definition) is 3. The molecule has 0 aliphatic heterocycles. The second-order valence-corrected chi connectivity index (χ2v) is 6.17. The number of carbonyl (C=O) groups excluding carboxylic acids is 1. The van der Waals surface area contributed by atoms with Crippen LogP contribution in [0.2, 0.25) is 0 Å². The van der Waals surface area contributed by atoms with Crippen LogP contribution >= 0.6 is 0 Å². The van der Waals surface area contributed by atoms with Crippen LogP contribution in [0.25, 0.3) is 0 Å². The molecule has 0 aliphatic rings. The quantitative estimate of drug-likeness (QED) is 0.408. The van der Waals surface area contributed by atoms with Gasteiger partial charge in [-0.25, -0.2) is 8.42 Å². The second kappa shape index (κ2) is 7.69. The zero-order valence-electron chi connectivity index (χ0n) is 10.1. The van der Waals surface area contributed by atoms with Crippen LogP contribution in [0.4, 0.5) is 0 Å². The van der Waals surface area contributed by atoms with E-state index in [1.165, 1.54) is 0 Å². The summed E-state index contributed by atoms with van der Waals surface area (Å²) < 4.78 is 23.0. The van der Waals surface area contributed by atoms with Crippen LogP contribution in [-0.2, 0) is 24.2 Å². The Morgan fingerprint density at radius 1 is 1.00 bits per heavy atom. The number of nitrogens with two attached hydrogens (primary N) is 1. The second-order valence-electron chi connectivity index (χ2n) is 3.87. The van der Waals surface area contributed by atoms with E-state index >= 15 is 0 Å². The molecule has 0 aliphatic carbocycles. The van der Waals surface area contributed by atoms with Crippen molar-refractivity contribution >= 4 is 27.7 Å². The van der Waals surface area contributed by atoms with Gasteiger partial charge in [0.05, 0.1) is 24.6 Å². The van der Waals surface area contributed by atoms with Gasteiger partial charge in [0.25, 0.3) is 0 Å². The highest BCUT2D eigenvalue weighted by molar-refractivity contribution is 7.91. The van der Waals surface area contributed by atoms with Gasteiger partial charge in [0.15, 0.2) is 9.84 Å². The minimum atomic E-state index is -3.57. The molecule has 0 aromatic heterocycles. The van der Waals surface area contributed by atoms with E-state index in [4.69, 9.17) is 15.9 Å². The number of carboxylic acids is 2. The van der Waals surface area contributed by atoms with Crippen molar-refractivity contribution < 1.29 is 33.0 Å². The molecule has 9 nitrogen and oxygen atoms in total. The third-order valence-corrected chi connectivity index (χ3v) is 3.73. The van der Waals surface area contributed by atoms with E-state index in [1.807, 2.05) is 0 Å². The maximum atomic E-state index is 11.5. The molecule has 4 N–H and O–H groups in total. The Hall–Kier alpha value is -1.68. The summed E-state index contributed by atoms with van der Waals surface area (Å²) in [7, 11) is -3.57. The summed E-state index contributed by atoms with van der Waals surface area (Å²) in [5.74, 6) is -4.12. The van der Waals surface area contributed by atoms with E-state index in [1.54, 1.807) is 0 Å². The number of hydrogen-bond acceptors (Lipinski definition) is 6. The number of carbonyl (C=O) groups is 3. The number of nitrogens with zero attached hydrogens (tertiary/aromatic N) is 1. The average Bonchev–Trinajstić information content (AvgIpc) is 2.22. The Labute approximate surface area is 109 Å². The summed E-state index contributed by atoms with van der Waals surface area (Å²) in [5.41, 5.74) is 4.82. The van der Waals surface area contributed by atoms with Gasteiger partial charge in [-0.1, -0.05) is 0 Å². The number of primary amides is 1. The third kappa shape index (κ3) is 9.97. The molecule has 0 unspecified atom stereocenters. The molecule has 0 atom stereocenters. The molecular formula is C9H16N2O7S. The number of carboxylic acid groups (broad SMARTS) is 2. The van der Waals surface area contributed by atoms with Gasteiger partial charge >= 0.3 is 11.9 Å². The van der Waals surface area contributed by atoms with Crippen molar-refractivity contribution in [2.75, 3.05) is 31.1 Å². The van der Waals surface area contributed by atoms with Crippen LogP contribution < -0.4 is 5.73 Å². The van der Waals surface area contributed by atoms with Gasteiger partial charge in [-0.15, -0.1) is 0 Å². The molecule has 0 rings (SSSR count). The molecule has 110 valence electrons. The van der Waals surface area contributed by atoms with Crippen LogP contribution in [0.5, 0.6) is 0 Å². The zero-order chi connectivity index (χ0) is 15.1. The standard InChI is InChI=1S/C9H16N2O7S/c10-7(12)1-3-19(17,18)4-2-11(5-8(13)14)6-9(15)16/h1-6H2,(H2,10,12)(H,13,14)(H,15,16). The van der Waals surface area contributed by atoms with Crippen LogP contribution in [0.15, 0.2) is 0 Å². The minimum absolute atomic E-state index is 0.236. The SMILES string of the molecule is NC(=O)CCS(=O)(=O)CCN(CC(=O)O)CC(=O)O. The fourth-order valence-electron chi connectivity index (χ4n) is 1.22. The van der Waals surface area contributed by atoms with Crippen molar-refractivity contribution in [1.82, 2.24) is 4.90 Å². The predicted octanol–water partition coefficient (Wildman–Crippen LogP) is -2.25. The highest BCUT2D eigenvalue weighted by Crippen LogP contribution is 1.97. The van der Waals surface area contributed by atoms with Crippen molar-refractivity contribution in [2.45, 2.75) is 6.42 Å². The third-order valence-electron chi connectivity index (χ3n) is 2.10. The Balaban J connectivity index is 4.40. The molecule has 0 aromatic carbocycles. The van der Waals surface area contributed by atoms with Crippen LogP contribution in [0.1, 0.15) is 6.42 Å². The van der Waals surface area contributed by atoms with Gasteiger partial charge < -0.3 is 15.9 Å². The van der Waals surface area contributed by atoms with Crippen molar-refractivity contribution in [3.8, 4) is 0 Å². The molecule has 0 spiro atoms. The fraction of sp³-hybridized carbons (Fsp3) is 0.667. The topological polar surface area (TPSA) is 155 Å². The van der Waals surface area contributed by atoms with Crippen molar-refractivity contribution in [2.24, 2.45) is 5.73 Å². The molecule has 0 fully saturated rings. The molecule has 0 heterocycles. The summed E-state index contributed by atoms with van der Waals surface area (Å²) in [4.78, 5) is 32.4. The van der Waals surface area contributed by atoms with E-state index in [-0.39, 0.29) is 13.0 Å². The lowest BCUT2D eigenvalue weighted by atomic mass is 10.4. The maximum Gasteiger partial charge on any atom is 0.317 e. The lowest BCUT2D eigenvalue weighted by Crippen LogP contribution is -2.38. The van der Waals surface area contributed by atoms with E-state index in [0.29, 0.717) is 0 Å². The van der Waals surface area contributed by atoms with Gasteiger partial charge in [0, 0.05) is 13.0 Å². The smallest absolute Gasteiger partial charge is 0.317 e. The van der Waals surface area contributed by atoms with Gasteiger partial charge in [-0.3, -0.25) is 19.3 Å². The van der Waals surface area contributed by atoms with Crippen LogP contribution in [0, 0.1) is 0 Å². The molecule has 19 heavy (non-hydrogen) atoms. The molecule has 0 bridgehead atoms. The van der Waals surface area contributed by atoms with Crippen molar-refractivity contribution in [3.05, 3.63) is 0 Å². The number of rotatable bonds is 10. The summed E-state index contributed by atoms with van der Waals surface area (Å²) >= 11 is 0. The average molecular weight is 296 g/mol.